The number of ketones is 1. The van der Waals surface area contributed by atoms with E-state index in [0.29, 0.717) is 5.56 Å². The minimum atomic E-state index is -0.811. The van der Waals surface area contributed by atoms with E-state index in [-0.39, 0.29) is 30.8 Å². The Labute approximate surface area is 115 Å². The van der Waals surface area contributed by atoms with Gasteiger partial charge in [0.2, 0.25) is 0 Å². The first-order chi connectivity index (χ1) is 9.45. The standard InChI is InChI=1S/C14H14FNO4/c1-3-20-11(17)4-5-16-12-9(13(18)14(16)19)6-8(2)7-10(12)15/h6-7H,3-5H2,1-2H3. The van der Waals surface area contributed by atoms with Crippen LogP contribution >= 0.6 is 0 Å². The number of aryl methyl sites for hydroxylation is 1. The lowest BCUT2D eigenvalue weighted by Crippen LogP contribution is -2.32. The molecule has 1 heterocycles. The van der Waals surface area contributed by atoms with E-state index in [2.05, 4.69) is 0 Å². The predicted molar refractivity (Wildman–Crippen MR) is 69.1 cm³/mol. The van der Waals surface area contributed by atoms with Gasteiger partial charge in [-0.2, -0.15) is 0 Å². The van der Waals surface area contributed by atoms with Gasteiger partial charge in [0.25, 0.3) is 11.7 Å². The monoisotopic (exact) mass is 279 g/mol. The third kappa shape index (κ3) is 2.41. The summed E-state index contributed by atoms with van der Waals surface area (Å²) in [5.74, 6) is -2.68. The fraction of sp³-hybridized carbons (Fsp3) is 0.357. The van der Waals surface area contributed by atoms with E-state index in [1.54, 1.807) is 13.8 Å². The highest BCUT2D eigenvalue weighted by molar-refractivity contribution is 6.52. The van der Waals surface area contributed by atoms with Crippen LogP contribution in [-0.4, -0.2) is 30.8 Å². The lowest BCUT2D eigenvalue weighted by atomic mass is 10.1. The highest BCUT2D eigenvalue weighted by Crippen LogP contribution is 2.32. The van der Waals surface area contributed by atoms with Gasteiger partial charge in [0, 0.05) is 6.54 Å². The summed E-state index contributed by atoms with van der Waals surface area (Å²) < 4.78 is 18.7. The molecular weight excluding hydrogens is 265 g/mol. The number of nitrogens with zero attached hydrogens (tertiary/aromatic N) is 1. The van der Waals surface area contributed by atoms with E-state index >= 15 is 0 Å². The summed E-state index contributed by atoms with van der Waals surface area (Å²) in [4.78, 5) is 36.0. The first kappa shape index (κ1) is 14.2. The smallest absolute Gasteiger partial charge is 0.307 e. The van der Waals surface area contributed by atoms with Crippen LogP contribution in [0.25, 0.3) is 0 Å². The Morgan fingerprint density at radius 2 is 2.05 bits per heavy atom. The summed E-state index contributed by atoms with van der Waals surface area (Å²) in [5, 5.41) is 0. The average molecular weight is 279 g/mol. The summed E-state index contributed by atoms with van der Waals surface area (Å²) in [6, 6.07) is 2.73. The topological polar surface area (TPSA) is 63.7 Å². The number of carbonyl (C=O) groups excluding carboxylic acids is 3. The van der Waals surface area contributed by atoms with E-state index in [4.69, 9.17) is 4.74 Å². The number of amides is 1. The molecule has 1 aromatic rings. The zero-order chi connectivity index (χ0) is 14.9. The fourth-order valence-electron chi connectivity index (χ4n) is 2.17. The predicted octanol–water partition coefficient (Wildman–Crippen LogP) is 1.62. The Balaban J connectivity index is 2.27. The van der Waals surface area contributed by atoms with E-state index in [1.807, 2.05) is 0 Å². The van der Waals surface area contributed by atoms with Crippen LogP contribution in [0.2, 0.25) is 0 Å². The van der Waals surface area contributed by atoms with Gasteiger partial charge in [0.1, 0.15) is 5.82 Å². The number of benzene rings is 1. The molecular formula is C14H14FNO4. The molecule has 6 heteroatoms. The van der Waals surface area contributed by atoms with E-state index in [9.17, 15) is 18.8 Å². The van der Waals surface area contributed by atoms with Crippen LogP contribution in [-0.2, 0) is 14.3 Å². The molecule has 2 rings (SSSR count). The number of carbonyl (C=O) groups is 3. The quantitative estimate of drug-likeness (QED) is 0.620. The molecule has 0 bridgehead atoms. The third-order valence-electron chi connectivity index (χ3n) is 3.01. The average Bonchev–Trinajstić information content (AvgIpc) is 2.61. The number of esters is 1. The van der Waals surface area contributed by atoms with Crippen LogP contribution in [0.1, 0.15) is 29.3 Å². The molecule has 0 saturated carbocycles. The van der Waals surface area contributed by atoms with E-state index < -0.39 is 23.5 Å². The Kier molecular flexibility index (Phi) is 3.83. The molecule has 0 N–H and O–H groups in total. The maximum atomic E-state index is 14.0. The van der Waals surface area contributed by atoms with Crippen molar-refractivity contribution < 1.29 is 23.5 Å². The number of hydrogen-bond acceptors (Lipinski definition) is 4. The minimum Gasteiger partial charge on any atom is -0.466 e. The molecule has 0 aromatic heterocycles. The molecule has 0 aliphatic carbocycles. The zero-order valence-electron chi connectivity index (χ0n) is 11.2. The maximum absolute atomic E-state index is 14.0. The second-order valence-electron chi connectivity index (χ2n) is 4.48. The van der Waals surface area contributed by atoms with Gasteiger partial charge in [-0.25, -0.2) is 4.39 Å². The van der Waals surface area contributed by atoms with Crippen molar-refractivity contribution in [2.45, 2.75) is 20.3 Å². The number of halogens is 1. The van der Waals surface area contributed by atoms with Gasteiger partial charge in [-0.05, 0) is 31.5 Å². The van der Waals surface area contributed by atoms with Gasteiger partial charge in [-0.1, -0.05) is 0 Å². The number of Topliss-reactive ketones (excluding diaryl/α,β-unsaturated/α-hetero) is 1. The van der Waals surface area contributed by atoms with Crippen LogP contribution in [0.15, 0.2) is 12.1 Å². The summed E-state index contributed by atoms with van der Waals surface area (Å²) in [6.07, 6.45) is -0.0837. The van der Waals surface area contributed by atoms with Crippen LogP contribution in [0.4, 0.5) is 10.1 Å². The number of ether oxygens (including phenoxy) is 1. The van der Waals surface area contributed by atoms with Crippen molar-refractivity contribution in [1.82, 2.24) is 0 Å². The van der Waals surface area contributed by atoms with Crippen molar-refractivity contribution >= 4 is 23.3 Å². The van der Waals surface area contributed by atoms with Crippen LogP contribution in [0.5, 0.6) is 0 Å². The highest BCUT2D eigenvalue weighted by Gasteiger charge is 2.38. The molecule has 20 heavy (non-hydrogen) atoms. The Hall–Kier alpha value is -2.24. The minimum absolute atomic E-state index is 0.0464. The Morgan fingerprint density at radius 1 is 1.35 bits per heavy atom. The molecule has 0 fully saturated rings. The van der Waals surface area contributed by atoms with Gasteiger partial charge in [-0.15, -0.1) is 0 Å². The fourth-order valence-corrected chi connectivity index (χ4v) is 2.17. The van der Waals surface area contributed by atoms with Crippen molar-refractivity contribution in [3.63, 3.8) is 0 Å². The van der Waals surface area contributed by atoms with Crippen molar-refractivity contribution in [3.8, 4) is 0 Å². The molecule has 1 aliphatic heterocycles. The number of fused-ring (bicyclic) bond motifs is 1. The van der Waals surface area contributed by atoms with Gasteiger partial charge in [0.15, 0.2) is 0 Å². The number of anilines is 1. The highest BCUT2D eigenvalue weighted by atomic mass is 19.1. The third-order valence-corrected chi connectivity index (χ3v) is 3.01. The molecule has 0 spiro atoms. The van der Waals surface area contributed by atoms with Crippen LogP contribution in [0.3, 0.4) is 0 Å². The first-order valence-corrected chi connectivity index (χ1v) is 6.27. The Morgan fingerprint density at radius 3 is 2.70 bits per heavy atom. The SMILES string of the molecule is CCOC(=O)CCN1C(=O)C(=O)c2cc(C)cc(F)c21. The molecule has 0 radical (unpaired) electrons. The molecule has 5 nitrogen and oxygen atoms in total. The first-order valence-electron chi connectivity index (χ1n) is 6.27. The van der Waals surface area contributed by atoms with Crippen molar-refractivity contribution in [2.24, 2.45) is 0 Å². The summed E-state index contributed by atoms with van der Waals surface area (Å²) in [5.41, 5.74) is 0.570. The molecule has 0 saturated heterocycles. The van der Waals surface area contributed by atoms with Crippen molar-refractivity contribution in [3.05, 3.63) is 29.1 Å². The number of rotatable bonds is 4. The van der Waals surface area contributed by atoms with Gasteiger partial charge < -0.3 is 9.64 Å². The van der Waals surface area contributed by atoms with Crippen LogP contribution < -0.4 is 4.90 Å². The summed E-state index contributed by atoms with van der Waals surface area (Å²) in [6.45, 7) is 3.47. The van der Waals surface area contributed by atoms with Crippen LogP contribution in [0, 0.1) is 12.7 Å². The van der Waals surface area contributed by atoms with Crippen molar-refractivity contribution in [1.29, 1.82) is 0 Å². The molecule has 0 unspecified atom stereocenters. The summed E-state index contributed by atoms with van der Waals surface area (Å²) >= 11 is 0. The lowest BCUT2D eigenvalue weighted by Gasteiger charge is -2.16. The van der Waals surface area contributed by atoms with E-state index in [1.165, 1.54) is 12.1 Å². The summed E-state index contributed by atoms with van der Waals surface area (Å²) in [7, 11) is 0. The van der Waals surface area contributed by atoms with Gasteiger partial charge in [-0.3, -0.25) is 14.4 Å². The maximum Gasteiger partial charge on any atom is 0.307 e. The molecule has 1 amide bonds. The van der Waals surface area contributed by atoms with Crippen molar-refractivity contribution in [2.75, 3.05) is 18.1 Å². The van der Waals surface area contributed by atoms with E-state index in [0.717, 1.165) is 4.90 Å². The van der Waals surface area contributed by atoms with Gasteiger partial charge in [0.05, 0.1) is 24.3 Å². The molecule has 1 aliphatic rings. The zero-order valence-corrected chi connectivity index (χ0v) is 11.2. The largest absolute Gasteiger partial charge is 0.466 e. The second-order valence-corrected chi connectivity index (χ2v) is 4.48. The molecule has 1 aromatic carbocycles. The molecule has 0 atom stereocenters. The second kappa shape index (κ2) is 5.40. The Bertz CT molecular complexity index is 597. The van der Waals surface area contributed by atoms with Gasteiger partial charge >= 0.3 is 5.97 Å². The molecule has 106 valence electrons. The number of hydrogen-bond donors (Lipinski definition) is 0. The normalized spacial score (nSPS) is 13.7. The lowest BCUT2D eigenvalue weighted by molar-refractivity contribution is -0.142.